The number of amides is 2. The number of benzene rings is 2. The lowest BCUT2D eigenvalue weighted by molar-refractivity contribution is -0.150. The maximum Gasteiger partial charge on any atom is 0.325 e. The Hall–Kier alpha value is -2.87. The van der Waals surface area contributed by atoms with Crippen LogP contribution in [0.25, 0.3) is 0 Å². The summed E-state index contributed by atoms with van der Waals surface area (Å²) in [6.45, 7) is -0.370. The quantitative estimate of drug-likeness (QED) is 0.626. The predicted octanol–water partition coefficient (Wildman–Crippen LogP) is 2.39. The van der Waals surface area contributed by atoms with E-state index in [0.717, 1.165) is 10.0 Å². The van der Waals surface area contributed by atoms with E-state index >= 15 is 0 Å². The van der Waals surface area contributed by atoms with Gasteiger partial charge in [0.2, 0.25) is 0 Å². The molecule has 0 saturated heterocycles. The number of esters is 1. The van der Waals surface area contributed by atoms with E-state index < -0.39 is 18.5 Å². The Morgan fingerprint density at radius 3 is 2.46 bits per heavy atom. The second-order valence-corrected chi connectivity index (χ2v) is 6.74. The number of ether oxygens (including phenoxy) is 2. The number of para-hydroxylation sites is 1. The first kappa shape index (κ1) is 21.4. The van der Waals surface area contributed by atoms with Crippen molar-refractivity contribution < 1.29 is 23.9 Å². The number of hydrogen-bond donors (Lipinski definition) is 1. The van der Waals surface area contributed by atoms with E-state index in [1.807, 2.05) is 24.3 Å². The Kier molecular flexibility index (Phi) is 8.01. The highest BCUT2D eigenvalue weighted by molar-refractivity contribution is 9.10. The van der Waals surface area contributed by atoms with Crippen LogP contribution in [0.5, 0.6) is 5.75 Å². The van der Waals surface area contributed by atoms with Gasteiger partial charge in [0.25, 0.3) is 11.8 Å². The Morgan fingerprint density at radius 1 is 1.07 bits per heavy atom. The van der Waals surface area contributed by atoms with E-state index in [2.05, 4.69) is 21.2 Å². The molecule has 2 rings (SSSR count). The second-order valence-electron chi connectivity index (χ2n) is 5.88. The van der Waals surface area contributed by atoms with Gasteiger partial charge in [-0.25, -0.2) is 0 Å². The fourth-order valence-electron chi connectivity index (χ4n) is 2.35. The molecule has 1 N–H and O–H groups in total. The molecule has 0 radical (unpaired) electrons. The van der Waals surface area contributed by atoms with Gasteiger partial charge < -0.3 is 19.7 Å². The Balaban J connectivity index is 1.78. The largest absolute Gasteiger partial charge is 0.496 e. The smallest absolute Gasteiger partial charge is 0.325 e. The third kappa shape index (κ3) is 6.09. The van der Waals surface area contributed by atoms with Crippen molar-refractivity contribution in [1.29, 1.82) is 0 Å². The van der Waals surface area contributed by atoms with E-state index in [9.17, 15) is 14.4 Å². The zero-order chi connectivity index (χ0) is 20.5. The normalized spacial score (nSPS) is 10.1. The summed E-state index contributed by atoms with van der Waals surface area (Å²) in [5.74, 6) is -1.12. The van der Waals surface area contributed by atoms with Crippen molar-refractivity contribution in [2.75, 3.05) is 27.3 Å². The molecule has 2 aromatic rings. The highest BCUT2D eigenvalue weighted by atomic mass is 79.9. The summed E-state index contributed by atoms with van der Waals surface area (Å²) in [5, 5.41) is 2.45. The van der Waals surface area contributed by atoms with Gasteiger partial charge in [-0.05, 0) is 23.8 Å². The molecule has 0 aliphatic rings. The fourth-order valence-corrected chi connectivity index (χ4v) is 2.76. The van der Waals surface area contributed by atoms with E-state index in [4.69, 9.17) is 9.47 Å². The average molecular weight is 449 g/mol. The lowest BCUT2D eigenvalue weighted by Gasteiger charge is -2.18. The molecule has 0 aliphatic heterocycles. The molecular formula is C20H21BrN2O5. The first-order valence-electron chi connectivity index (χ1n) is 8.46. The minimum Gasteiger partial charge on any atom is -0.496 e. The van der Waals surface area contributed by atoms with Crippen LogP contribution in [0, 0.1) is 0 Å². The van der Waals surface area contributed by atoms with E-state index in [1.165, 1.54) is 12.0 Å². The van der Waals surface area contributed by atoms with Gasteiger partial charge in [0.15, 0.2) is 6.61 Å². The van der Waals surface area contributed by atoms with Crippen LogP contribution in [-0.4, -0.2) is 50.0 Å². The number of hydrogen-bond acceptors (Lipinski definition) is 5. The van der Waals surface area contributed by atoms with Crippen LogP contribution in [0.3, 0.4) is 0 Å². The van der Waals surface area contributed by atoms with Gasteiger partial charge >= 0.3 is 5.97 Å². The molecule has 0 aromatic heterocycles. The molecule has 0 bridgehead atoms. The van der Waals surface area contributed by atoms with Crippen molar-refractivity contribution in [3.05, 3.63) is 64.1 Å². The maximum atomic E-state index is 12.1. The number of halogens is 1. The van der Waals surface area contributed by atoms with Crippen LogP contribution >= 0.6 is 15.9 Å². The van der Waals surface area contributed by atoms with Crippen molar-refractivity contribution in [3.8, 4) is 5.75 Å². The number of nitrogens with zero attached hydrogens (tertiary/aromatic N) is 1. The van der Waals surface area contributed by atoms with Gasteiger partial charge in [-0.15, -0.1) is 0 Å². The second kappa shape index (κ2) is 10.5. The molecule has 8 heteroatoms. The molecule has 0 heterocycles. The van der Waals surface area contributed by atoms with E-state index in [1.54, 1.807) is 31.3 Å². The number of likely N-dealkylation sites (N-methyl/N-ethyl adjacent to an activating group) is 1. The van der Waals surface area contributed by atoms with Gasteiger partial charge in [0.05, 0.1) is 12.7 Å². The van der Waals surface area contributed by atoms with E-state index in [-0.39, 0.29) is 12.5 Å². The summed E-state index contributed by atoms with van der Waals surface area (Å²) in [6.07, 6.45) is 0. The molecule has 2 amide bonds. The molecule has 0 fully saturated rings. The Morgan fingerprint density at radius 2 is 1.75 bits per heavy atom. The average Bonchev–Trinajstić information content (AvgIpc) is 2.71. The van der Waals surface area contributed by atoms with Gasteiger partial charge in [-0.2, -0.15) is 0 Å². The topological polar surface area (TPSA) is 84.9 Å². The van der Waals surface area contributed by atoms with Crippen LogP contribution in [0.4, 0.5) is 0 Å². The first-order valence-corrected chi connectivity index (χ1v) is 9.26. The van der Waals surface area contributed by atoms with E-state index in [0.29, 0.717) is 17.9 Å². The minimum absolute atomic E-state index is 0.307. The SMILES string of the molecule is COc1ccccc1C(=O)NCC(=O)OCC(=O)N(C)Cc1ccccc1Br. The van der Waals surface area contributed by atoms with Crippen molar-refractivity contribution in [3.63, 3.8) is 0 Å². The highest BCUT2D eigenvalue weighted by Crippen LogP contribution is 2.18. The third-order valence-corrected chi connectivity index (χ3v) is 4.67. The summed E-state index contributed by atoms with van der Waals surface area (Å²) in [5.41, 5.74) is 1.25. The van der Waals surface area contributed by atoms with Crippen molar-refractivity contribution >= 4 is 33.7 Å². The molecule has 0 atom stereocenters. The van der Waals surface area contributed by atoms with Crippen molar-refractivity contribution in [2.24, 2.45) is 0 Å². The summed E-state index contributed by atoms with van der Waals surface area (Å²) in [4.78, 5) is 37.6. The van der Waals surface area contributed by atoms with Crippen LogP contribution in [0.1, 0.15) is 15.9 Å². The maximum absolute atomic E-state index is 12.1. The molecule has 0 unspecified atom stereocenters. The fraction of sp³-hybridized carbons (Fsp3) is 0.250. The lowest BCUT2D eigenvalue weighted by atomic mass is 10.2. The highest BCUT2D eigenvalue weighted by Gasteiger charge is 2.16. The van der Waals surface area contributed by atoms with Crippen molar-refractivity contribution in [1.82, 2.24) is 10.2 Å². The number of carbonyl (C=O) groups excluding carboxylic acids is 3. The molecule has 7 nitrogen and oxygen atoms in total. The van der Waals surface area contributed by atoms with Gasteiger partial charge in [0.1, 0.15) is 12.3 Å². The lowest BCUT2D eigenvalue weighted by Crippen LogP contribution is -2.34. The number of carbonyl (C=O) groups is 3. The van der Waals surface area contributed by atoms with Crippen LogP contribution in [0.15, 0.2) is 53.0 Å². The minimum atomic E-state index is -0.703. The first-order chi connectivity index (χ1) is 13.4. The van der Waals surface area contributed by atoms with Crippen molar-refractivity contribution in [2.45, 2.75) is 6.54 Å². The molecule has 2 aromatic carbocycles. The Labute approximate surface area is 171 Å². The zero-order valence-electron chi connectivity index (χ0n) is 15.6. The molecule has 0 aliphatic carbocycles. The number of rotatable bonds is 8. The molecule has 148 valence electrons. The molecule has 0 saturated carbocycles. The van der Waals surface area contributed by atoms with Gasteiger partial charge in [-0.1, -0.05) is 46.3 Å². The number of methoxy groups -OCH3 is 1. The van der Waals surface area contributed by atoms with Gasteiger partial charge in [-0.3, -0.25) is 14.4 Å². The summed E-state index contributed by atoms with van der Waals surface area (Å²) in [6, 6.07) is 14.2. The van der Waals surface area contributed by atoms with Crippen LogP contribution < -0.4 is 10.1 Å². The summed E-state index contributed by atoms with van der Waals surface area (Å²) >= 11 is 3.43. The third-order valence-electron chi connectivity index (χ3n) is 3.89. The monoisotopic (exact) mass is 448 g/mol. The van der Waals surface area contributed by atoms with Crippen LogP contribution in [-0.2, 0) is 20.9 Å². The zero-order valence-corrected chi connectivity index (χ0v) is 17.2. The summed E-state index contributed by atoms with van der Waals surface area (Å²) < 4.78 is 10.9. The number of nitrogens with one attached hydrogen (secondary N) is 1. The molecule has 0 spiro atoms. The summed E-state index contributed by atoms with van der Waals surface area (Å²) in [7, 11) is 3.08. The standard InChI is InChI=1S/C20H21BrN2O5/c1-23(12-14-7-3-5-9-16(14)21)18(24)13-28-19(25)11-22-20(26)15-8-4-6-10-17(15)27-2/h3-10H,11-13H2,1-2H3,(H,22,26). The Bertz CT molecular complexity index is 856. The van der Waals surface area contributed by atoms with Gasteiger partial charge in [0, 0.05) is 18.1 Å². The predicted molar refractivity (Wildman–Crippen MR) is 107 cm³/mol. The molecule has 28 heavy (non-hydrogen) atoms. The molecular weight excluding hydrogens is 428 g/mol. The van der Waals surface area contributed by atoms with Crippen LogP contribution in [0.2, 0.25) is 0 Å².